The zero-order valence-corrected chi connectivity index (χ0v) is 17.6. The summed E-state index contributed by atoms with van der Waals surface area (Å²) >= 11 is 0. The molecule has 1 amide bonds. The predicted octanol–water partition coefficient (Wildman–Crippen LogP) is 1.27. The van der Waals surface area contributed by atoms with E-state index in [9.17, 15) is 13.2 Å². The summed E-state index contributed by atoms with van der Waals surface area (Å²) < 4.78 is 42.8. The number of para-hydroxylation sites is 2. The normalized spacial score (nSPS) is 18.4. The maximum Gasteiger partial charge on any atom is 0.289 e. The van der Waals surface area contributed by atoms with E-state index in [1.807, 2.05) is 24.3 Å². The molecule has 2 fully saturated rings. The molecule has 0 N–H and O–H groups in total. The van der Waals surface area contributed by atoms with Gasteiger partial charge in [0.2, 0.25) is 5.09 Å². The molecule has 162 valence electrons. The molecule has 0 atom stereocenters. The molecule has 3 heterocycles. The quantitative estimate of drug-likeness (QED) is 0.698. The summed E-state index contributed by atoms with van der Waals surface area (Å²) in [5, 5.41) is -0.208. The van der Waals surface area contributed by atoms with Crippen LogP contribution in [0.2, 0.25) is 0 Å². The number of hydrogen-bond donors (Lipinski definition) is 0. The molecule has 0 spiro atoms. The summed E-state index contributed by atoms with van der Waals surface area (Å²) in [6.07, 6.45) is 0. The molecule has 4 rings (SSSR count). The van der Waals surface area contributed by atoms with Crippen molar-refractivity contribution >= 4 is 21.6 Å². The molecule has 10 heteroatoms. The van der Waals surface area contributed by atoms with Gasteiger partial charge in [0.1, 0.15) is 5.75 Å². The lowest BCUT2D eigenvalue weighted by molar-refractivity contribution is 0.0696. The number of morpholine rings is 1. The second-order valence-corrected chi connectivity index (χ2v) is 8.96. The first-order valence-electron chi connectivity index (χ1n) is 9.85. The summed E-state index contributed by atoms with van der Waals surface area (Å²) in [6, 6.07) is 10.6. The van der Waals surface area contributed by atoms with E-state index in [1.54, 1.807) is 12.0 Å². The maximum absolute atomic E-state index is 12.8. The van der Waals surface area contributed by atoms with Crippen LogP contribution in [0.3, 0.4) is 0 Å². The molecule has 0 radical (unpaired) electrons. The SMILES string of the molecule is COc1ccccc1N1CCN(C(=O)c2ccc(S(=O)(=O)N3CCOCC3)o2)CC1. The highest BCUT2D eigenvalue weighted by atomic mass is 32.2. The van der Waals surface area contributed by atoms with Crippen molar-refractivity contribution in [2.24, 2.45) is 0 Å². The van der Waals surface area contributed by atoms with Gasteiger partial charge in [-0.2, -0.15) is 4.31 Å². The molecule has 0 bridgehead atoms. The summed E-state index contributed by atoms with van der Waals surface area (Å²) in [5.41, 5.74) is 0.990. The Labute approximate surface area is 175 Å². The van der Waals surface area contributed by atoms with Gasteiger partial charge in [-0.25, -0.2) is 8.42 Å². The van der Waals surface area contributed by atoms with Crippen molar-refractivity contribution in [2.75, 3.05) is 64.5 Å². The monoisotopic (exact) mass is 435 g/mol. The molecule has 2 aromatic rings. The number of anilines is 1. The Morgan fingerprint density at radius 1 is 0.967 bits per heavy atom. The molecule has 1 aromatic carbocycles. The fourth-order valence-electron chi connectivity index (χ4n) is 3.69. The molecule has 0 aliphatic carbocycles. The highest BCUT2D eigenvalue weighted by molar-refractivity contribution is 7.89. The first kappa shape index (κ1) is 20.7. The number of furan rings is 1. The highest BCUT2D eigenvalue weighted by Gasteiger charge is 2.31. The van der Waals surface area contributed by atoms with Crippen LogP contribution in [0.15, 0.2) is 45.9 Å². The maximum atomic E-state index is 12.8. The summed E-state index contributed by atoms with van der Waals surface area (Å²) in [6.45, 7) is 3.54. The van der Waals surface area contributed by atoms with E-state index in [-0.39, 0.29) is 29.8 Å². The number of sulfonamides is 1. The number of carbonyl (C=O) groups is 1. The van der Waals surface area contributed by atoms with E-state index in [0.29, 0.717) is 39.4 Å². The molecule has 1 aromatic heterocycles. The first-order chi connectivity index (χ1) is 14.5. The van der Waals surface area contributed by atoms with Crippen molar-refractivity contribution in [2.45, 2.75) is 5.09 Å². The van der Waals surface area contributed by atoms with Crippen molar-refractivity contribution in [3.8, 4) is 5.75 Å². The van der Waals surface area contributed by atoms with Crippen LogP contribution in [0.4, 0.5) is 5.69 Å². The van der Waals surface area contributed by atoms with Gasteiger partial charge in [0, 0.05) is 39.3 Å². The molecular formula is C20H25N3O6S. The van der Waals surface area contributed by atoms with Gasteiger partial charge >= 0.3 is 0 Å². The number of methoxy groups -OCH3 is 1. The minimum atomic E-state index is -3.76. The van der Waals surface area contributed by atoms with Crippen LogP contribution < -0.4 is 9.64 Å². The van der Waals surface area contributed by atoms with Gasteiger partial charge < -0.3 is 23.7 Å². The standard InChI is InChI=1S/C20H25N3O6S/c1-27-17-5-3-2-4-16(17)21-8-10-22(11-9-21)20(24)18-6-7-19(29-18)30(25,26)23-12-14-28-15-13-23/h2-7H,8-15H2,1H3. The highest BCUT2D eigenvalue weighted by Crippen LogP contribution is 2.29. The Kier molecular flexibility index (Phi) is 5.98. The minimum absolute atomic E-state index is 0.0348. The number of hydrogen-bond acceptors (Lipinski definition) is 7. The minimum Gasteiger partial charge on any atom is -0.495 e. The van der Waals surface area contributed by atoms with E-state index in [4.69, 9.17) is 13.9 Å². The van der Waals surface area contributed by atoms with Gasteiger partial charge in [-0.15, -0.1) is 0 Å². The Morgan fingerprint density at radius 2 is 1.67 bits per heavy atom. The number of nitrogens with zero attached hydrogens (tertiary/aromatic N) is 3. The molecule has 2 aliphatic heterocycles. The van der Waals surface area contributed by atoms with Crippen LogP contribution in [0, 0.1) is 0 Å². The van der Waals surface area contributed by atoms with Crippen LogP contribution in [-0.2, 0) is 14.8 Å². The second-order valence-electron chi connectivity index (χ2n) is 7.09. The third kappa shape index (κ3) is 4.03. The average molecular weight is 436 g/mol. The van der Waals surface area contributed by atoms with Gasteiger partial charge in [0.25, 0.3) is 15.9 Å². The van der Waals surface area contributed by atoms with E-state index in [2.05, 4.69) is 4.90 Å². The molecule has 0 saturated carbocycles. The topological polar surface area (TPSA) is 92.5 Å². The zero-order valence-electron chi connectivity index (χ0n) is 16.8. The van der Waals surface area contributed by atoms with E-state index in [0.717, 1.165) is 11.4 Å². The lowest BCUT2D eigenvalue weighted by Crippen LogP contribution is -2.48. The van der Waals surface area contributed by atoms with Gasteiger partial charge in [-0.3, -0.25) is 4.79 Å². The molecule has 2 saturated heterocycles. The number of rotatable bonds is 5. The third-order valence-electron chi connectivity index (χ3n) is 5.35. The van der Waals surface area contributed by atoms with Crippen molar-refractivity contribution in [1.82, 2.24) is 9.21 Å². The summed E-state index contributed by atoms with van der Waals surface area (Å²) in [4.78, 5) is 16.7. The van der Waals surface area contributed by atoms with E-state index >= 15 is 0 Å². The van der Waals surface area contributed by atoms with Crippen molar-refractivity contribution in [3.05, 3.63) is 42.2 Å². The largest absolute Gasteiger partial charge is 0.495 e. The number of benzene rings is 1. The number of amides is 1. The van der Waals surface area contributed by atoms with Gasteiger partial charge in [-0.1, -0.05) is 12.1 Å². The van der Waals surface area contributed by atoms with Gasteiger partial charge in [0.05, 0.1) is 26.0 Å². The Hall–Kier alpha value is -2.56. The second kappa shape index (κ2) is 8.66. The van der Waals surface area contributed by atoms with Crippen molar-refractivity contribution in [1.29, 1.82) is 0 Å². The molecule has 0 unspecified atom stereocenters. The van der Waals surface area contributed by atoms with Crippen LogP contribution >= 0.6 is 0 Å². The Balaban J connectivity index is 1.41. The summed E-state index contributed by atoms with van der Waals surface area (Å²) in [5.74, 6) is 0.520. The fourth-order valence-corrected chi connectivity index (χ4v) is 5.00. The number of carbonyl (C=O) groups excluding carboxylic acids is 1. The van der Waals surface area contributed by atoms with Gasteiger partial charge in [0.15, 0.2) is 5.76 Å². The summed E-state index contributed by atoms with van der Waals surface area (Å²) in [7, 11) is -2.13. The Bertz CT molecular complexity index is 991. The van der Waals surface area contributed by atoms with Crippen LogP contribution in [0.1, 0.15) is 10.6 Å². The molecular weight excluding hydrogens is 410 g/mol. The molecule has 9 nitrogen and oxygen atoms in total. The van der Waals surface area contributed by atoms with Crippen LogP contribution in [0.5, 0.6) is 5.75 Å². The molecule has 30 heavy (non-hydrogen) atoms. The van der Waals surface area contributed by atoms with Crippen molar-refractivity contribution in [3.63, 3.8) is 0 Å². The van der Waals surface area contributed by atoms with E-state index < -0.39 is 10.0 Å². The fraction of sp³-hybridized carbons (Fsp3) is 0.450. The smallest absolute Gasteiger partial charge is 0.289 e. The van der Waals surface area contributed by atoms with Gasteiger partial charge in [-0.05, 0) is 24.3 Å². The zero-order chi connectivity index (χ0) is 21.1. The lowest BCUT2D eigenvalue weighted by Gasteiger charge is -2.36. The molecule has 2 aliphatic rings. The first-order valence-corrected chi connectivity index (χ1v) is 11.3. The predicted molar refractivity (Wildman–Crippen MR) is 109 cm³/mol. The third-order valence-corrected chi connectivity index (χ3v) is 7.12. The average Bonchev–Trinajstić information content (AvgIpc) is 3.30. The van der Waals surface area contributed by atoms with Crippen LogP contribution in [-0.4, -0.2) is 83.1 Å². The lowest BCUT2D eigenvalue weighted by atomic mass is 10.2. The number of ether oxygens (including phenoxy) is 2. The van der Waals surface area contributed by atoms with Crippen molar-refractivity contribution < 1.29 is 27.1 Å². The van der Waals surface area contributed by atoms with E-state index in [1.165, 1.54) is 16.4 Å². The Morgan fingerprint density at radius 3 is 2.37 bits per heavy atom. The number of piperazine rings is 1. The van der Waals surface area contributed by atoms with Crippen LogP contribution in [0.25, 0.3) is 0 Å².